The Hall–Kier alpha value is -2.13. The van der Waals surface area contributed by atoms with Gasteiger partial charge in [0.1, 0.15) is 13.2 Å². The third-order valence-corrected chi connectivity index (χ3v) is 3.25. The van der Waals surface area contributed by atoms with Crippen molar-refractivity contribution in [3.8, 4) is 0 Å². The molecule has 2 aromatic rings. The molecule has 0 unspecified atom stereocenters. The fourth-order valence-corrected chi connectivity index (χ4v) is 2.27. The van der Waals surface area contributed by atoms with E-state index in [1.54, 1.807) is 0 Å². The maximum absolute atomic E-state index is 12.0. The van der Waals surface area contributed by atoms with Gasteiger partial charge in [0.2, 0.25) is 0 Å². The van der Waals surface area contributed by atoms with Gasteiger partial charge in [-0.2, -0.15) is 0 Å². The van der Waals surface area contributed by atoms with Crippen molar-refractivity contribution in [3.05, 3.63) is 71.8 Å². The molecule has 0 amide bonds. The summed E-state index contributed by atoms with van der Waals surface area (Å²) in [5, 5.41) is 0. The molecule has 0 bridgehead atoms. The molecular formula is C18H22NO2+. The maximum Gasteiger partial charge on any atom is 0.362 e. The first-order chi connectivity index (χ1) is 10.1. The first kappa shape index (κ1) is 15.3. The molecule has 2 rings (SSSR count). The Balaban J connectivity index is 1.83. The molecule has 0 fully saturated rings. The van der Waals surface area contributed by atoms with Crippen LogP contribution in [-0.2, 0) is 22.7 Å². The van der Waals surface area contributed by atoms with Gasteiger partial charge in [0.25, 0.3) is 0 Å². The smallest absolute Gasteiger partial charge is 0.362 e. The van der Waals surface area contributed by atoms with Gasteiger partial charge in [-0.1, -0.05) is 60.7 Å². The molecule has 0 atom stereocenters. The molecule has 110 valence electrons. The lowest BCUT2D eigenvalue weighted by atomic mass is 10.2. The molecule has 0 aliphatic rings. The third kappa shape index (κ3) is 5.40. The van der Waals surface area contributed by atoms with E-state index in [0.29, 0.717) is 17.6 Å². The second-order valence-electron chi connectivity index (χ2n) is 5.88. The van der Waals surface area contributed by atoms with E-state index in [-0.39, 0.29) is 5.97 Å². The molecule has 2 aromatic carbocycles. The minimum Gasteiger partial charge on any atom is -0.457 e. The first-order valence-corrected chi connectivity index (χ1v) is 7.11. The molecular weight excluding hydrogens is 262 g/mol. The van der Waals surface area contributed by atoms with E-state index in [2.05, 4.69) is 12.1 Å². The molecule has 0 aliphatic carbocycles. The van der Waals surface area contributed by atoms with Crippen LogP contribution in [0.5, 0.6) is 0 Å². The van der Waals surface area contributed by atoms with Crippen molar-refractivity contribution in [2.75, 3.05) is 20.6 Å². The largest absolute Gasteiger partial charge is 0.457 e. The van der Waals surface area contributed by atoms with Gasteiger partial charge in [0.05, 0.1) is 14.1 Å². The second kappa shape index (κ2) is 7.04. The number of hydrogen-bond acceptors (Lipinski definition) is 2. The summed E-state index contributed by atoms with van der Waals surface area (Å²) in [4.78, 5) is 12.0. The highest BCUT2D eigenvalue weighted by molar-refractivity contribution is 5.70. The van der Waals surface area contributed by atoms with E-state index >= 15 is 0 Å². The zero-order valence-electron chi connectivity index (χ0n) is 12.7. The lowest BCUT2D eigenvalue weighted by Gasteiger charge is -2.28. The Morgan fingerprint density at radius 2 is 1.43 bits per heavy atom. The average Bonchev–Trinajstić information content (AvgIpc) is 2.46. The number of nitrogens with zero attached hydrogens (tertiary/aromatic N) is 1. The van der Waals surface area contributed by atoms with Gasteiger partial charge in [-0.05, 0) is 5.56 Å². The molecule has 0 saturated heterocycles. The van der Waals surface area contributed by atoms with Crippen molar-refractivity contribution in [1.29, 1.82) is 0 Å². The monoisotopic (exact) mass is 284 g/mol. The molecule has 0 heterocycles. The van der Waals surface area contributed by atoms with Gasteiger partial charge >= 0.3 is 5.97 Å². The Labute approximate surface area is 126 Å². The van der Waals surface area contributed by atoms with Crippen LogP contribution in [0.3, 0.4) is 0 Å². The normalized spacial score (nSPS) is 11.1. The van der Waals surface area contributed by atoms with Gasteiger partial charge in [-0.25, -0.2) is 4.79 Å². The topological polar surface area (TPSA) is 26.3 Å². The summed E-state index contributed by atoms with van der Waals surface area (Å²) in [6, 6.07) is 19.9. The van der Waals surface area contributed by atoms with Crippen molar-refractivity contribution in [1.82, 2.24) is 0 Å². The minimum atomic E-state index is -0.167. The Bertz CT molecular complexity index is 564. The highest BCUT2D eigenvalue weighted by atomic mass is 16.5. The van der Waals surface area contributed by atoms with Gasteiger partial charge < -0.3 is 9.22 Å². The van der Waals surface area contributed by atoms with Gasteiger partial charge in [-0.3, -0.25) is 0 Å². The lowest BCUT2D eigenvalue weighted by molar-refractivity contribution is -0.896. The number of esters is 1. The quantitative estimate of drug-likeness (QED) is 0.602. The van der Waals surface area contributed by atoms with Crippen LogP contribution in [0.2, 0.25) is 0 Å². The number of ether oxygens (including phenoxy) is 1. The molecule has 0 aromatic heterocycles. The Morgan fingerprint density at radius 3 is 2.00 bits per heavy atom. The predicted molar refractivity (Wildman–Crippen MR) is 83.4 cm³/mol. The van der Waals surface area contributed by atoms with Gasteiger partial charge in [0.15, 0.2) is 6.54 Å². The van der Waals surface area contributed by atoms with Crippen LogP contribution in [-0.4, -0.2) is 31.1 Å². The number of rotatable bonds is 6. The van der Waals surface area contributed by atoms with Crippen molar-refractivity contribution >= 4 is 5.97 Å². The summed E-state index contributed by atoms with van der Waals surface area (Å²) >= 11 is 0. The van der Waals surface area contributed by atoms with Crippen molar-refractivity contribution in [2.45, 2.75) is 13.2 Å². The van der Waals surface area contributed by atoms with Crippen LogP contribution >= 0.6 is 0 Å². The minimum absolute atomic E-state index is 0.167. The molecule has 21 heavy (non-hydrogen) atoms. The maximum atomic E-state index is 12.0. The van der Waals surface area contributed by atoms with Crippen LogP contribution in [0.1, 0.15) is 11.1 Å². The van der Waals surface area contributed by atoms with Crippen molar-refractivity contribution in [3.63, 3.8) is 0 Å². The van der Waals surface area contributed by atoms with E-state index in [4.69, 9.17) is 4.74 Å². The summed E-state index contributed by atoms with van der Waals surface area (Å²) in [6.07, 6.45) is 0. The van der Waals surface area contributed by atoms with E-state index in [9.17, 15) is 4.79 Å². The molecule has 0 N–H and O–H groups in total. The fraction of sp³-hybridized carbons (Fsp3) is 0.278. The van der Waals surface area contributed by atoms with Crippen LogP contribution < -0.4 is 0 Å². The molecule has 3 nitrogen and oxygen atoms in total. The summed E-state index contributed by atoms with van der Waals surface area (Å²) in [5.41, 5.74) is 2.23. The average molecular weight is 284 g/mol. The standard InChI is InChI=1S/C18H22NO2/c1-19(2,13-16-9-5-3-6-10-16)14-18(20)21-15-17-11-7-4-8-12-17/h3-12H,13-15H2,1-2H3/q+1. The van der Waals surface area contributed by atoms with Crippen LogP contribution in [0.4, 0.5) is 0 Å². The fourth-order valence-electron chi connectivity index (χ4n) is 2.27. The molecule has 0 radical (unpaired) electrons. The van der Waals surface area contributed by atoms with E-state index in [1.165, 1.54) is 5.56 Å². The molecule has 0 saturated carbocycles. The zero-order chi connectivity index (χ0) is 15.1. The zero-order valence-corrected chi connectivity index (χ0v) is 12.7. The van der Waals surface area contributed by atoms with Gasteiger partial charge in [0, 0.05) is 5.56 Å². The Kier molecular flexibility index (Phi) is 5.12. The van der Waals surface area contributed by atoms with Crippen molar-refractivity contribution < 1.29 is 14.0 Å². The number of likely N-dealkylation sites (N-methyl/N-ethyl adjacent to an activating group) is 1. The summed E-state index contributed by atoms with van der Waals surface area (Å²) in [5.74, 6) is -0.167. The van der Waals surface area contributed by atoms with E-state index in [1.807, 2.05) is 62.6 Å². The van der Waals surface area contributed by atoms with E-state index in [0.717, 1.165) is 12.1 Å². The predicted octanol–water partition coefficient (Wildman–Crippen LogP) is 3.01. The van der Waals surface area contributed by atoms with Crippen molar-refractivity contribution in [2.24, 2.45) is 0 Å². The van der Waals surface area contributed by atoms with E-state index < -0.39 is 0 Å². The Morgan fingerprint density at radius 1 is 0.905 bits per heavy atom. The number of carbonyl (C=O) groups excluding carboxylic acids is 1. The summed E-state index contributed by atoms with van der Waals surface area (Å²) in [6.45, 7) is 1.51. The third-order valence-electron chi connectivity index (χ3n) is 3.25. The molecule has 0 aliphatic heterocycles. The number of carbonyl (C=O) groups is 1. The van der Waals surface area contributed by atoms with Crippen LogP contribution in [0, 0.1) is 0 Å². The highest BCUT2D eigenvalue weighted by Gasteiger charge is 2.21. The highest BCUT2D eigenvalue weighted by Crippen LogP contribution is 2.09. The number of quaternary nitrogens is 1. The SMILES string of the molecule is C[N+](C)(CC(=O)OCc1ccccc1)Cc1ccccc1. The number of hydrogen-bond donors (Lipinski definition) is 0. The first-order valence-electron chi connectivity index (χ1n) is 7.11. The van der Waals surface area contributed by atoms with Crippen LogP contribution in [0.15, 0.2) is 60.7 Å². The number of benzene rings is 2. The molecule has 3 heteroatoms. The van der Waals surface area contributed by atoms with Crippen LogP contribution in [0.25, 0.3) is 0 Å². The van der Waals surface area contributed by atoms with Gasteiger partial charge in [-0.15, -0.1) is 0 Å². The molecule has 0 spiro atoms. The summed E-state index contributed by atoms with van der Waals surface area (Å²) < 4.78 is 5.93. The lowest BCUT2D eigenvalue weighted by Crippen LogP contribution is -2.43. The summed E-state index contributed by atoms with van der Waals surface area (Å²) in [7, 11) is 4.08. The second-order valence-corrected chi connectivity index (χ2v) is 5.88.